The molecule has 2 aliphatic rings. The van der Waals surface area contributed by atoms with E-state index in [-0.39, 0.29) is 11.7 Å². The van der Waals surface area contributed by atoms with Gasteiger partial charge in [0.1, 0.15) is 0 Å². The lowest BCUT2D eigenvalue weighted by molar-refractivity contribution is -0.0654. The second kappa shape index (κ2) is 4.37. The summed E-state index contributed by atoms with van der Waals surface area (Å²) in [6, 6.07) is 9.00. The lowest BCUT2D eigenvalue weighted by atomic mass is 10.1. The second-order valence-electron chi connectivity index (χ2n) is 3.83. The Hall–Kier alpha value is -1.83. The summed E-state index contributed by atoms with van der Waals surface area (Å²) in [5, 5.41) is 4.93. The third kappa shape index (κ3) is 2.23. The number of aliphatic imine (C=N–C) groups is 1. The average Bonchev–Trinajstić information content (AvgIpc) is 2.82. The van der Waals surface area contributed by atoms with Gasteiger partial charge in [-0.2, -0.15) is 27.7 Å². The molecule has 2 aliphatic heterocycles. The van der Waals surface area contributed by atoms with E-state index in [1.54, 1.807) is 24.3 Å². The first-order valence-electron chi connectivity index (χ1n) is 5.35. The van der Waals surface area contributed by atoms with Crippen molar-refractivity contribution in [1.29, 1.82) is 0 Å². The molecule has 0 saturated heterocycles. The summed E-state index contributed by atoms with van der Waals surface area (Å²) in [7, 11) is 0. The maximum atomic E-state index is 12.8. The Bertz CT molecular complexity index is 592. The van der Waals surface area contributed by atoms with Gasteiger partial charge >= 0.3 is 6.18 Å². The third-order valence-electron chi connectivity index (χ3n) is 2.54. The Morgan fingerprint density at radius 3 is 2.58 bits per heavy atom. The van der Waals surface area contributed by atoms with Gasteiger partial charge < -0.3 is 0 Å². The van der Waals surface area contributed by atoms with Crippen molar-refractivity contribution in [1.82, 2.24) is 5.01 Å². The fourth-order valence-corrected chi connectivity index (χ4v) is 2.36. The Kier molecular flexibility index (Phi) is 2.81. The lowest BCUT2D eigenvalue weighted by Gasteiger charge is -2.21. The number of alkyl halides is 3. The summed E-state index contributed by atoms with van der Waals surface area (Å²) >= 11 is 0.695. The molecule has 0 fully saturated rings. The van der Waals surface area contributed by atoms with Crippen LogP contribution in [0, 0.1) is 0 Å². The van der Waals surface area contributed by atoms with E-state index in [2.05, 4.69) is 14.5 Å². The number of hydrogen-bond acceptors (Lipinski definition) is 5. The van der Waals surface area contributed by atoms with Gasteiger partial charge in [0.2, 0.25) is 11.0 Å². The SMILES string of the molecule is FC(F)(F)C1=NSC2=NCC(c3ccccc3)=NN21. The van der Waals surface area contributed by atoms with Crippen molar-refractivity contribution in [2.45, 2.75) is 6.18 Å². The topological polar surface area (TPSA) is 40.3 Å². The van der Waals surface area contributed by atoms with E-state index >= 15 is 0 Å². The van der Waals surface area contributed by atoms with E-state index in [0.717, 1.165) is 10.6 Å². The summed E-state index contributed by atoms with van der Waals surface area (Å²) in [5.41, 5.74) is 1.24. The lowest BCUT2D eigenvalue weighted by Crippen LogP contribution is -2.39. The maximum Gasteiger partial charge on any atom is 0.452 e. The number of hydrazone groups is 1. The van der Waals surface area contributed by atoms with Crippen LogP contribution in [0.5, 0.6) is 0 Å². The number of fused-ring (bicyclic) bond motifs is 1. The molecule has 0 amide bonds. The fraction of sp³-hybridized carbons (Fsp3) is 0.182. The quantitative estimate of drug-likeness (QED) is 0.744. The average molecular weight is 284 g/mol. The molecule has 0 radical (unpaired) electrons. The van der Waals surface area contributed by atoms with E-state index in [1.807, 2.05) is 6.07 Å². The van der Waals surface area contributed by atoms with Crippen LogP contribution >= 0.6 is 11.9 Å². The molecule has 98 valence electrons. The van der Waals surface area contributed by atoms with Crippen LogP contribution < -0.4 is 0 Å². The molecule has 8 heteroatoms. The molecule has 4 nitrogen and oxygen atoms in total. The molecule has 1 aromatic rings. The molecule has 3 rings (SSSR count). The summed E-state index contributed by atoms with van der Waals surface area (Å²) in [5.74, 6) is -1.04. The highest BCUT2D eigenvalue weighted by Crippen LogP contribution is 2.32. The van der Waals surface area contributed by atoms with Crippen molar-refractivity contribution < 1.29 is 13.2 Å². The number of nitrogens with zero attached hydrogens (tertiary/aromatic N) is 4. The molecule has 0 spiro atoms. The fourth-order valence-electron chi connectivity index (χ4n) is 1.68. The minimum Gasteiger partial charge on any atom is -0.253 e. The zero-order valence-electron chi connectivity index (χ0n) is 9.42. The van der Waals surface area contributed by atoms with Crippen molar-refractivity contribution in [2.75, 3.05) is 6.54 Å². The number of amidine groups is 2. The van der Waals surface area contributed by atoms with E-state index in [9.17, 15) is 13.2 Å². The van der Waals surface area contributed by atoms with Gasteiger partial charge in [0.05, 0.1) is 24.2 Å². The standard InChI is InChI=1S/C11H7F3N4S/c12-11(13,14)9-17-19-10-15-6-8(16-18(9)10)7-4-2-1-3-5-7/h1-5H,6H2. The second-order valence-corrected chi connectivity index (χ2v) is 4.56. The molecule has 19 heavy (non-hydrogen) atoms. The number of halogens is 3. The highest BCUT2D eigenvalue weighted by atomic mass is 32.2. The van der Waals surface area contributed by atoms with Gasteiger partial charge in [0, 0.05) is 0 Å². The number of hydrogen-bond donors (Lipinski definition) is 0. The first kappa shape index (κ1) is 12.2. The molecular weight excluding hydrogens is 277 g/mol. The van der Waals surface area contributed by atoms with Gasteiger partial charge in [-0.05, 0) is 5.56 Å². The Balaban J connectivity index is 1.95. The molecular formula is C11H7F3N4S. The van der Waals surface area contributed by atoms with E-state index in [1.165, 1.54) is 0 Å². The monoisotopic (exact) mass is 284 g/mol. The number of rotatable bonds is 1. The maximum absolute atomic E-state index is 12.8. The van der Waals surface area contributed by atoms with Crippen LogP contribution in [-0.2, 0) is 0 Å². The molecule has 2 heterocycles. The molecule has 0 unspecified atom stereocenters. The molecule has 0 bridgehead atoms. The zero-order valence-corrected chi connectivity index (χ0v) is 10.2. The highest BCUT2D eigenvalue weighted by Gasteiger charge is 2.46. The van der Waals surface area contributed by atoms with Crippen molar-refractivity contribution in [2.24, 2.45) is 14.5 Å². The van der Waals surface area contributed by atoms with Gasteiger partial charge in [-0.15, -0.1) is 0 Å². The van der Waals surface area contributed by atoms with Crippen molar-refractivity contribution in [3.05, 3.63) is 35.9 Å². The van der Waals surface area contributed by atoms with Crippen LogP contribution in [0.1, 0.15) is 5.56 Å². The molecule has 0 aliphatic carbocycles. The minimum absolute atomic E-state index is 0.159. The molecule has 1 aromatic carbocycles. The van der Waals surface area contributed by atoms with E-state index < -0.39 is 12.0 Å². The van der Waals surface area contributed by atoms with Crippen molar-refractivity contribution in [3.8, 4) is 0 Å². The Labute approximate surface area is 110 Å². The summed E-state index contributed by atoms with van der Waals surface area (Å²) in [6.45, 7) is 0.253. The highest BCUT2D eigenvalue weighted by molar-refractivity contribution is 8.13. The van der Waals surface area contributed by atoms with Gasteiger partial charge in [0.15, 0.2) is 0 Å². The normalized spacial score (nSPS) is 18.7. The van der Waals surface area contributed by atoms with Crippen LogP contribution in [0.25, 0.3) is 0 Å². The largest absolute Gasteiger partial charge is 0.452 e. The van der Waals surface area contributed by atoms with Gasteiger partial charge in [-0.3, -0.25) is 4.99 Å². The van der Waals surface area contributed by atoms with Crippen molar-refractivity contribution in [3.63, 3.8) is 0 Å². The zero-order chi connectivity index (χ0) is 13.5. The number of benzene rings is 1. The first-order valence-corrected chi connectivity index (χ1v) is 6.13. The molecule has 0 saturated carbocycles. The molecule has 0 aromatic heterocycles. The minimum atomic E-state index is -4.53. The van der Waals surface area contributed by atoms with Crippen LogP contribution in [-0.4, -0.2) is 34.4 Å². The van der Waals surface area contributed by atoms with E-state index in [0.29, 0.717) is 17.7 Å². The predicted molar refractivity (Wildman–Crippen MR) is 68.2 cm³/mol. The van der Waals surface area contributed by atoms with Crippen molar-refractivity contribution >= 4 is 28.7 Å². The summed E-state index contributed by atoms with van der Waals surface area (Å²) in [6.07, 6.45) is -4.53. The van der Waals surface area contributed by atoms with Gasteiger partial charge in [-0.1, -0.05) is 30.3 Å². The van der Waals surface area contributed by atoms with Crippen LogP contribution in [0.15, 0.2) is 44.8 Å². The first-order chi connectivity index (χ1) is 9.05. The van der Waals surface area contributed by atoms with E-state index in [4.69, 9.17) is 0 Å². The smallest absolute Gasteiger partial charge is 0.253 e. The molecule has 0 atom stereocenters. The van der Waals surface area contributed by atoms with Crippen LogP contribution in [0.4, 0.5) is 13.2 Å². The molecule has 0 N–H and O–H groups in total. The van der Waals surface area contributed by atoms with Crippen LogP contribution in [0.3, 0.4) is 0 Å². The predicted octanol–water partition coefficient (Wildman–Crippen LogP) is 2.68. The Morgan fingerprint density at radius 2 is 1.89 bits per heavy atom. The summed E-state index contributed by atoms with van der Waals surface area (Å²) in [4.78, 5) is 4.07. The van der Waals surface area contributed by atoms with Gasteiger partial charge in [-0.25, -0.2) is 0 Å². The Morgan fingerprint density at radius 1 is 1.16 bits per heavy atom. The van der Waals surface area contributed by atoms with Crippen LogP contribution in [0.2, 0.25) is 0 Å². The summed E-state index contributed by atoms with van der Waals surface area (Å²) < 4.78 is 41.6. The van der Waals surface area contributed by atoms with Gasteiger partial charge in [0.25, 0.3) is 0 Å². The third-order valence-corrected chi connectivity index (χ3v) is 3.27.